The highest BCUT2D eigenvalue weighted by Crippen LogP contribution is 2.26. The van der Waals surface area contributed by atoms with Gasteiger partial charge in [0.25, 0.3) is 0 Å². The fourth-order valence-corrected chi connectivity index (χ4v) is 3.97. The third-order valence-corrected chi connectivity index (χ3v) is 5.52. The molecule has 0 aliphatic heterocycles. The van der Waals surface area contributed by atoms with Gasteiger partial charge in [-0.1, -0.05) is 31.4 Å². The quantitative estimate of drug-likeness (QED) is 0.361. The van der Waals surface area contributed by atoms with E-state index in [0.717, 1.165) is 37.0 Å². The van der Waals surface area contributed by atoms with Crippen LogP contribution in [0.2, 0.25) is 0 Å². The molecular weight excluding hydrogens is 442 g/mol. The maximum Gasteiger partial charge on any atom is 0.408 e. The van der Waals surface area contributed by atoms with E-state index in [2.05, 4.69) is 10.6 Å². The van der Waals surface area contributed by atoms with E-state index in [1.165, 1.54) is 24.3 Å². The molecule has 10 heteroatoms. The van der Waals surface area contributed by atoms with Crippen molar-refractivity contribution in [3.63, 3.8) is 0 Å². The highest BCUT2D eigenvalue weighted by atomic mass is 16.6. The Morgan fingerprint density at radius 1 is 1.09 bits per heavy atom. The molecule has 2 unspecified atom stereocenters. The van der Waals surface area contributed by atoms with Crippen LogP contribution in [0.25, 0.3) is 0 Å². The molecule has 0 radical (unpaired) electrons. The van der Waals surface area contributed by atoms with Gasteiger partial charge in [0, 0.05) is 12.6 Å². The molecule has 34 heavy (non-hydrogen) atoms. The Balaban J connectivity index is 2.33. The van der Waals surface area contributed by atoms with Crippen LogP contribution in [-0.2, 0) is 14.3 Å². The van der Waals surface area contributed by atoms with Crippen LogP contribution in [0, 0.1) is 0 Å². The molecule has 2 rings (SSSR count). The minimum Gasteiger partial charge on any atom is -0.508 e. The second-order valence-corrected chi connectivity index (χ2v) is 9.47. The van der Waals surface area contributed by atoms with Gasteiger partial charge in [0.15, 0.2) is 0 Å². The number of benzene rings is 1. The molecule has 1 saturated carbocycles. The van der Waals surface area contributed by atoms with Gasteiger partial charge in [0.2, 0.25) is 11.8 Å². The van der Waals surface area contributed by atoms with Crippen molar-refractivity contribution in [2.45, 2.75) is 76.6 Å². The lowest BCUT2D eigenvalue weighted by molar-refractivity contribution is -0.144. The lowest BCUT2D eigenvalue weighted by Crippen LogP contribution is -2.55. The summed E-state index contributed by atoms with van der Waals surface area (Å²) in [7, 11) is 0. The number of carbonyl (C=O) groups is 3. The van der Waals surface area contributed by atoms with Crippen molar-refractivity contribution in [3.8, 4) is 5.75 Å². The zero-order valence-corrected chi connectivity index (χ0v) is 20.1. The summed E-state index contributed by atoms with van der Waals surface area (Å²) < 4.78 is 5.18. The molecule has 2 atom stereocenters. The molecule has 1 aliphatic rings. The van der Waals surface area contributed by atoms with Gasteiger partial charge in [-0.05, 0) is 51.3 Å². The van der Waals surface area contributed by atoms with Gasteiger partial charge >= 0.3 is 6.09 Å². The van der Waals surface area contributed by atoms with Crippen molar-refractivity contribution < 1.29 is 34.4 Å². The van der Waals surface area contributed by atoms with E-state index in [1.807, 2.05) is 0 Å². The van der Waals surface area contributed by atoms with E-state index in [4.69, 9.17) is 4.74 Å². The Bertz CT molecular complexity index is 817. The number of hydrogen-bond acceptors (Lipinski definition) is 7. The average Bonchev–Trinajstić information content (AvgIpc) is 2.77. The van der Waals surface area contributed by atoms with Crippen molar-refractivity contribution in [3.05, 3.63) is 29.8 Å². The van der Waals surface area contributed by atoms with Gasteiger partial charge in [-0.25, -0.2) is 4.79 Å². The molecule has 0 spiro atoms. The first-order chi connectivity index (χ1) is 16.1. The van der Waals surface area contributed by atoms with E-state index in [9.17, 15) is 29.7 Å². The largest absolute Gasteiger partial charge is 0.508 e. The molecule has 1 fully saturated rings. The smallest absolute Gasteiger partial charge is 0.408 e. The Kier molecular flexibility index (Phi) is 10.1. The van der Waals surface area contributed by atoms with E-state index < -0.39 is 48.8 Å². The van der Waals surface area contributed by atoms with Gasteiger partial charge in [-0.2, -0.15) is 0 Å². The number of nitrogens with zero attached hydrogens (tertiary/aromatic N) is 1. The normalized spacial score (nSPS) is 16.3. The molecule has 1 aliphatic carbocycles. The van der Waals surface area contributed by atoms with E-state index in [0.29, 0.717) is 5.56 Å². The molecule has 1 aromatic rings. The summed E-state index contributed by atoms with van der Waals surface area (Å²) in [5.41, 5.74) is -0.395. The van der Waals surface area contributed by atoms with E-state index >= 15 is 0 Å². The van der Waals surface area contributed by atoms with Gasteiger partial charge in [0.1, 0.15) is 23.4 Å². The molecular formula is C24H37N3O7. The zero-order valence-electron chi connectivity index (χ0n) is 20.1. The number of phenols is 1. The van der Waals surface area contributed by atoms with E-state index in [-0.39, 0.29) is 18.3 Å². The lowest BCUT2D eigenvalue weighted by Gasteiger charge is -2.35. The highest BCUT2D eigenvalue weighted by molar-refractivity contribution is 5.92. The van der Waals surface area contributed by atoms with Gasteiger partial charge in [0.05, 0.1) is 13.2 Å². The monoisotopic (exact) mass is 479 g/mol. The molecule has 190 valence electrons. The van der Waals surface area contributed by atoms with Crippen LogP contribution in [0.4, 0.5) is 4.79 Å². The number of aliphatic hydroxyl groups excluding tert-OH is 2. The molecule has 0 aromatic heterocycles. The first-order valence-electron chi connectivity index (χ1n) is 11.7. The lowest BCUT2D eigenvalue weighted by atomic mass is 9.94. The SMILES string of the molecule is CC(C)(C)OC(=O)NC(CO)C(=O)N(CCO)C(C(=O)NC1CCCCC1)c1ccc(O)cc1. The Morgan fingerprint density at radius 3 is 2.24 bits per heavy atom. The summed E-state index contributed by atoms with van der Waals surface area (Å²) in [6.45, 7) is 3.60. The van der Waals surface area contributed by atoms with Crippen LogP contribution in [0.15, 0.2) is 24.3 Å². The number of aromatic hydroxyl groups is 1. The minimum absolute atomic E-state index is 0.00458. The number of ether oxygens (including phenoxy) is 1. The standard InChI is InChI=1S/C24H37N3O7/c1-24(2,3)34-23(33)26-19(15-29)22(32)27(13-14-28)20(16-9-11-18(30)12-10-16)21(31)25-17-7-5-4-6-8-17/h9-12,17,19-20,28-30H,4-8,13-15H2,1-3H3,(H,25,31)(H,26,33). The van der Waals surface area contributed by atoms with Crippen LogP contribution in [0.3, 0.4) is 0 Å². The summed E-state index contributed by atoms with van der Waals surface area (Å²) in [4.78, 5) is 40.2. The van der Waals surface area contributed by atoms with Crippen LogP contribution in [-0.4, -0.2) is 75.6 Å². The Hall–Kier alpha value is -2.85. The minimum atomic E-state index is -1.39. The number of aliphatic hydroxyl groups is 2. The molecule has 3 amide bonds. The average molecular weight is 480 g/mol. The fraction of sp³-hybridized carbons (Fsp3) is 0.625. The van der Waals surface area contributed by atoms with Gasteiger partial charge < -0.3 is 35.6 Å². The maximum atomic E-state index is 13.4. The maximum absolute atomic E-state index is 13.4. The second kappa shape index (κ2) is 12.6. The summed E-state index contributed by atoms with van der Waals surface area (Å²) in [5, 5.41) is 34.6. The van der Waals surface area contributed by atoms with Crippen molar-refractivity contribution in [2.24, 2.45) is 0 Å². The number of nitrogens with one attached hydrogen (secondary N) is 2. The topological polar surface area (TPSA) is 148 Å². The van der Waals surface area contributed by atoms with Crippen molar-refractivity contribution >= 4 is 17.9 Å². The molecule has 0 saturated heterocycles. The molecule has 1 aromatic carbocycles. The third-order valence-electron chi connectivity index (χ3n) is 5.52. The predicted molar refractivity (Wildman–Crippen MR) is 125 cm³/mol. The number of phenolic OH excluding ortho intramolecular Hbond substituents is 1. The Labute approximate surface area is 200 Å². The van der Waals surface area contributed by atoms with Crippen LogP contribution in [0.5, 0.6) is 5.75 Å². The van der Waals surface area contributed by atoms with Gasteiger partial charge in [-0.3, -0.25) is 9.59 Å². The Morgan fingerprint density at radius 2 is 1.71 bits per heavy atom. The first kappa shape index (κ1) is 27.4. The summed E-state index contributed by atoms with van der Waals surface area (Å²) in [5.74, 6) is -1.19. The third kappa shape index (κ3) is 8.18. The fourth-order valence-electron chi connectivity index (χ4n) is 3.97. The number of amides is 3. The highest BCUT2D eigenvalue weighted by Gasteiger charge is 2.36. The summed E-state index contributed by atoms with van der Waals surface area (Å²) in [6.07, 6.45) is 3.89. The molecule has 5 N–H and O–H groups in total. The van der Waals surface area contributed by atoms with Crippen LogP contribution in [0.1, 0.15) is 64.5 Å². The van der Waals surface area contributed by atoms with Gasteiger partial charge in [-0.15, -0.1) is 0 Å². The van der Waals surface area contributed by atoms with Crippen molar-refractivity contribution in [1.82, 2.24) is 15.5 Å². The number of alkyl carbamates (subject to hydrolysis) is 1. The number of rotatable bonds is 9. The van der Waals surface area contributed by atoms with Crippen LogP contribution >= 0.6 is 0 Å². The van der Waals surface area contributed by atoms with E-state index in [1.54, 1.807) is 20.8 Å². The number of carbonyl (C=O) groups excluding carboxylic acids is 3. The second-order valence-electron chi connectivity index (χ2n) is 9.47. The molecule has 0 heterocycles. The summed E-state index contributed by atoms with van der Waals surface area (Å²) >= 11 is 0. The molecule has 10 nitrogen and oxygen atoms in total. The summed E-state index contributed by atoms with van der Waals surface area (Å²) in [6, 6.07) is 3.29. The molecule has 0 bridgehead atoms. The zero-order chi connectivity index (χ0) is 25.3. The van der Waals surface area contributed by atoms with Crippen molar-refractivity contribution in [2.75, 3.05) is 19.8 Å². The predicted octanol–water partition coefficient (Wildman–Crippen LogP) is 1.59. The van der Waals surface area contributed by atoms with Crippen LogP contribution < -0.4 is 10.6 Å². The first-order valence-corrected chi connectivity index (χ1v) is 11.7. The number of hydrogen-bond donors (Lipinski definition) is 5. The van der Waals surface area contributed by atoms with Crippen molar-refractivity contribution in [1.29, 1.82) is 0 Å².